The van der Waals surface area contributed by atoms with Crippen LogP contribution in [0.4, 0.5) is 0 Å². The molecule has 1 saturated heterocycles. The minimum Gasteiger partial charge on any atom is -0.471 e. The fourth-order valence-corrected chi connectivity index (χ4v) is 2.91. The molecule has 0 saturated carbocycles. The maximum atomic E-state index is 12.1. The predicted molar refractivity (Wildman–Crippen MR) is 85.7 cm³/mol. The van der Waals surface area contributed by atoms with Gasteiger partial charge in [-0.3, -0.25) is 4.79 Å². The van der Waals surface area contributed by atoms with Gasteiger partial charge in [0.15, 0.2) is 0 Å². The summed E-state index contributed by atoms with van der Waals surface area (Å²) in [4.78, 5) is 15.0. The lowest BCUT2D eigenvalue weighted by atomic mass is 10.3. The molecule has 1 atom stereocenters. The Bertz CT molecular complexity index is 653. The van der Waals surface area contributed by atoms with Gasteiger partial charge < -0.3 is 9.64 Å². The summed E-state index contributed by atoms with van der Waals surface area (Å²) in [7, 11) is 0. The number of likely N-dealkylation sites (tertiary alicyclic amines) is 1. The Kier molecular flexibility index (Phi) is 4.48. The number of ether oxygens (including phenoxy) is 1. The minimum atomic E-state index is -0.0175. The van der Waals surface area contributed by atoms with Crippen molar-refractivity contribution < 1.29 is 9.53 Å². The number of amides is 1. The van der Waals surface area contributed by atoms with Crippen LogP contribution in [0, 0.1) is 6.92 Å². The van der Waals surface area contributed by atoms with Crippen molar-refractivity contribution in [3.63, 3.8) is 0 Å². The molecule has 0 aromatic carbocycles. The first-order valence-electron chi connectivity index (χ1n) is 7.18. The fraction of sp³-hybridized carbons (Fsp3) is 0.312. The molecule has 0 aliphatic carbocycles. The molecule has 2 aromatic heterocycles. The molecule has 1 amide bonds. The minimum absolute atomic E-state index is 0.0175. The van der Waals surface area contributed by atoms with Crippen LogP contribution in [0.1, 0.15) is 17.0 Å². The molecular formula is C16H17N3O2S. The molecule has 22 heavy (non-hydrogen) atoms. The molecule has 114 valence electrons. The van der Waals surface area contributed by atoms with Gasteiger partial charge in [0.05, 0.1) is 12.2 Å². The second-order valence-electron chi connectivity index (χ2n) is 5.17. The largest absolute Gasteiger partial charge is 0.471 e. The number of nitrogens with zero attached hydrogens (tertiary/aromatic N) is 3. The van der Waals surface area contributed by atoms with Crippen molar-refractivity contribution in [3.05, 3.63) is 46.3 Å². The maximum Gasteiger partial charge on any atom is 0.246 e. The molecule has 5 nitrogen and oxygen atoms in total. The molecule has 0 N–H and O–H groups in total. The quantitative estimate of drug-likeness (QED) is 0.814. The maximum absolute atomic E-state index is 12.1. The summed E-state index contributed by atoms with van der Waals surface area (Å²) in [6, 6.07) is 7.63. The molecule has 0 unspecified atom stereocenters. The van der Waals surface area contributed by atoms with E-state index in [4.69, 9.17) is 4.74 Å². The van der Waals surface area contributed by atoms with Crippen LogP contribution in [-0.4, -0.2) is 40.2 Å². The van der Waals surface area contributed by atoms with Gasteiger partial charge in [0.2, 0.25) is 11.8 Å². The molecule has 1 fully saturated rings. The van der Waals surface area contributed by atoms with E-state index in [-0.39, 0.29) is 12.0 Å². The van der Waals surface area contributed by atoms with Gasteiger partial charge >= 0.3 is 0 Å². The molecule has 0 radical (unpaired) electrons. The summed E-state index contributed by atoms with van der Waals surface area (Å²) in [5, 5.41) is 9.95. The van der Waals surface area contributed by atoms with Crippen molar-refractivity contribution in [2.75, 3.05) is 13.1 Å². The lowest BCUT2D eigenvalue weighted by Crippen LogP contribution is -2.29. The molecule has 6 heteroatoms. The molecule has 3 heterocycles. The van der Waals surface area contributed by atoms with Crippen molar-refractivity contribution in [2.24, 2.45) is 0 Å². The molecule has 2 aromatic rings. The van der Waals surface area contributed by atoms with E-state index in [2.05, 4.69) is 10.2 Å². The van der Waals surface area contributed by atoms with E-state index in [1.807, 2.05) is 42.6 Å². The Morgan fingerprint density at radius 2 is 2.32 bits per heavy atom. The second-order valence-corrected chi connectivity index (χ2v) is 6.15. The average molecular weight is 315 g/mol. The normalized spacial score (nSPS) is 18.0. The summed E-state index contributed by atoms with van der Waals surface area (Å²) in [5.41, 5.74) is 0.856. The van der Waals surface area contributed by atoms with Crippen molar-refractivity contribution >= 4 is 23.3 Å². The molecule has 3 rings (SSSR count). The Morgan fingerprint density at radius 3 is 3.05 bits per heavy atom. The lowest BCUT2D eigenvalue weighted by Gasteiger charge is -2.15. The van der Waals surface area contributed by atoms with Crippen LogP contribution in [0.15, 0.2) is 35.7 Å². The van der Waals surface area contributed by atoms with Crippen molar-refractivity contribution in [1.82, 2.24) is 15.1 Å². The third-order valence-electron chi connectivity index (χ3n) is 3.45. The van der Waals surface area contributed by atoms with E-state index in [0.29, 0.717) is 19.0 Å². The van der Waals surface area contributed by atoms with Crippen molar-refractivity contribution in [1.29, 1.82) is 0 Å². The molecule has 0 bridgehead atoms. The van der Waals surface area contributed by atoms with Crippen molar-refractivity contribution in [3.8, 4) is 5.88 Å². The summed E-state index contributed by atoms with van der Waals surface area (Å²) >= 11 is 1.61. The predicted octanol–water partition coefficient (Wildman–Crippen LogP) is 2.54. The van der Waals surface area contributed by atoms with E-state index in [1.54, 1.807) is 22.3 Å². The van der Waals surface area contributed by atoms with Gasteiger partial charge in [0.1, 0.15) is 6.10 Å². The number of carbonyl (C=O) groups is 1. The number of thiophene rings is 1. The van der Waals surface area contributed by atoms with E-state index in [1.165, 1.54) is 0 Å². The van der Waals surface area contributed by atoms with Crippen molar-refractivity contribution in [2.45, 2.75) is 19.4 Å². The first-order chi connectivity index (χ1) is 10.7. The Labute approximate surface area is 133 Å². The Morgan fingerprint density at radius 1 is 1.41 bits per heavy atom. The zero-order valence-corrected chi connectivity index (χ0v) is 13.1. The summed E-state index contributed by atoms with van der Waals surface area (Å²) in [5.74, 6) is 0.536. The van der Waals surface area contributed by atoms with Crippen LogP contribution in [0.25, 0.3) is 6.08 Å². The summed E-state index contributed by atoms with van der Waals surface area (Å²) in [6.07, 6.45) is 4.27. The standard InChI is InChI=1S/C16H17N3O2S/c1-12-4-6-15(18-17-12)21-13-8-9-19(11-13)16(20)7-5-14-3-2-10-22-14/h2-7,10,13H,8-9,11H2,1H3/b7-5+/t13-/m0/s1. The fourth-order valence-electron chi connectivity index (χ4n) is 2.29. The van der Waals surface area contributed by atoms with Gasteiger partial charge in [-0.05, 0) is 30.5 Å². The van der Waals surface area contributed by atoms with Gasteiger partial charge in [0.25, 0.3) is 0 Å². The van der Waals surface area contributed by atoms with Crippen LogP contribution in [-0.2, 0) is 4.79 Å². The first-order valence-corrected chi connectivity index (χ1v) is 8.06. The van der Waals surface area contributed by atoms with Crippen LogP contribution < -0.4 is 4.74 Å². The highest BCUT2D eigenvalue weighted by Crippen LogP contribution is 2.17. The van der Waals surface area contributed by atoms with Crippen LogP contribution in [0.5, 0.6) is 5.88 Å². The zero-order chi connectivity index (χ0) is 15.4. The van der Waals surface area contributed by atoms with Gasteiger partial charge in [-0.15, -0.1) is 16.4 Å². The van der Waals surface area contributed by atoms with E-state index >= 15 is 0 Å². The van der Waals surface area contributed by atoms with Crippen LogP contribution in [0.3, 0.4) is 0 Å². The highest BCUT2D eigenvalue weighted by Gasteiger charge is 2.26. The molecule has 1 aliphatic heterocycles. The highest BCUT2D eigenvalue weighted by atomic mass is 32.1. The van der Waals surface area contributed by atoms with E-state index in [0.717, 1.165) is 17.0 Å². The van der Waals surface area contributed by atoms with Gasteiger partial charge in [0, 0.05) is 30.0 Å². The monoisotopic (exact) mass is 315 g/mol. The van der Waals surface area contributed by atoms with Gasteiger partial charge in [-0.25, -0.2) is 0 Å². The smallest absolute Gasteiger partial charge is 0.246 e. The topological polar surface area (TPSA) is 55.3 Å². The molecule has 1 aliphatic rings. The molecular weight excluding hydrogens is 298 g/mol. The third kappa shape index (κ3) is 3.71. The Hall–Kier alpha value is -2.21. The van der Waals surface area contributed by atoms with E-state index in [9.17, 15) is 4.79 Å². The SMILES string of the molecule is Cc1ccc(O[C@H]2CCN(C(=O)/C=C/c3cccs3)C2)nn1. The first kappa shape index (κ1) is 14.7. The molecule has 0 spiro atoms. The number of hydrogen-bond acceptors (Lipinski definition) is 5. The van der Waals surface area contributed by atoms with Gasteiger partial charge in [-0.2, -0.15) is 5.10 Å². The average Bonchev–Trinajstić information content (AvgIpc) is 3.19. The summed E-state index contributed by atoms with van der Waals surface area (Å²) in [6.45, 7) is 3.17. The summed E-state index contributed by atoms with van der Waals surface area (Å²) < 4.78 is 5.77. The zero-order valence-electron chi connectivity index (χ0n) is 12.3. The third-order valence-corrected chi connectivity index (χ3v) is 4.29. The Balaban J connectivity index is 1.53. The van der Waals surface area contributed by atoms with Crippen LogP contribution in [0.2, 0.25) is 0 Å². The van der Waals surface area contributed by atoms with E-state index < -0.39 is 0 Å². The van der Waals surface area contributed by atoms with Crippen LogP contribution >= 0.6 is 11.3 Å². The lowest BCUT2D eigenvalue weighted by molar-refractivity contribution is -0.125. The highest BCUT2D eigenvalue weighted by molar-refractivity contribution is 7.10. The number of carbonyl (C=O) groups excluding carboxylic acids is 1. The second kappa shape index (κ2) is 6.70. The number of rotatable bonds is 4. The number of aryl methyl sites for hydroxylation is 1. The number of aromatic nitrogens is 2. The van der Waals surface area contributed by atoms with Gasteiger partial charge in [-0.1, -0.05) is 6.07 Å². The number of hydrogen-bond donors (Lipinski definition) is 0.